The molecule has 1 aliphatic carbocycles. The summed E-state index contributed by atoms with van der Waals surface area (Å²) in [5, 5.41) is 0.795. The van der Waals surface area contributed by atoms with Crippen molar-refractivity contribution < 1.29 is 36.3 Å². The predicted molar refractivity (Wildman–Crippen MR) is 121 cm³/mol. The van der Waals surface area contributed by atoms with Crippen molar-refractivity contribution >= 4 is 23.1 Å². The smallest absolute Gasteiger partial charge is 0.203 e. The highest BCUT2D eigenvalue weighted by molar-refractivity contribution is 6.33. The number of quaternary nitrogens is 1. The van der Waals surface area contributed by atoms with Gasteiger partial charge in [-0.25, -0.2) is 0 Å². The number of fused-ring (bicyclic) bond motifs is 1. The molecule has 0 spiro atoms. The summed E-state index contributed by atoms with van der Waals surface area (Å²) >= 11 is 6.37. The summed E-state index contributed by atoms with van der Waals surface area (Å²) in [6.45, 7) is 4.73. The molecule has 4 rings (SSSR count). The van der Waals surface area contributed by atoms with Gasteiger partial charge < -0.3 is 36.4 Å². The average Bonchev–Trinajstić information content (AvgIpc) is 2.80. The number of nitrogens with zero attached hydrogens (tertiary/aromatic N) is 1. The number of piperazine rings is 1. The van der Waals surface area contributed by atoms with E-state index in [9.17, 15) is 4.79 Å². The van der Waals surface area contributed by atoms with Crippen LogP contribution in [0.15, 0.2) is 30.3 Å². The van der Waals surface area contributed by atoms with Gasteiger partial charge in [-0.3, -0.25) is 4.79 Å². The van der Waals surface area contributed by atoms with E-state index in [1.54, 1.807) is 21.3 Å². The van der Waals surface area contributed by atoms with E-state index in [-0.39, 0.29) is 24.1 Å². The normalized spacial score (nSPS) is 18.6. The minimum atomic E-state index is 0. The van der Waals surface area contributed by atoms with Crippen LogP contribution < -0.4 is 36.4 Å². The highest BCUT2D eigenvalue weighted by Gasteiger charge is 2.35. The second-order valence-electron chi connectivity index (χ2n) is 8.16. The average molecular weight is 481 g/mol. The SMILES string of the molecule is COc1cc2c(c(OC)c1OC)CCC(C[NH+]1CCN(c3ccccc3Cl)CC1)C2=O.[Cl-]. The predicted octanol–water partition coefficient (Wildman–Crippen LogP) is -0.480. The molecule has 1 saturated heterocycles. The van der Waals surface area contributed by atoms with E-state index in [0.717, 1.165) is 61.8 Å². The Morgan fingerprint density at radius 1 is 1.06 bits per heavy atom. The summed E-state index contributed by atoms with van der Waals surface area (Å²) in [7, 11) is 4.78. The molecule has 2 aromatic rings. The molecule has 0 aromatic heterocycles. The molecular weight excluding hydrogens is 451 g/mol. The molecule has 8 heteroatoms. The number of nitrogens with one attached hydrogen (secondary N) is 1. The summed E-state index contributed by atoms with van der Waals surface area (Å²) in [5.74, 6) is 1.90. The van der Waals surface area contributed by atoms with Gasteiger partial charge >= 0.3 is 0 Å². The molecule has 1 N–H and O–H groups in total. The van der Waals surface area contributed by atoms with Gasteiger partial charge in [-0.15, -0.1) is 0 Å². The third kappa shape index (κ3) is 4.63. The van der Waals surface area contributed by atoms with E-state index in [1.165, 1.54) is 4.90 Å². The van der Waals surface area contributed by atoms with Crippen molar-refractivity contribution in [3.05, 3.63) is 46.5 Å². The van der Waals surface area contributed by atoms with Crippen LogP contribution in [0, 0.1) is 5.92 Å². The molecule has 1 atom stereocenters. The zero-order valence-corrected chi connectivity index (χ0v) is 20.3. The van der Waals surface area contributed by atoms with E-state index in [0.29, 0.717) is 22.8 Å². The Morgan fingerprint density at radius 2 is 1.75 bits per heavy atom. The molecule has 0 amide bonds. The first kappa shape index (κ1) is 24.5. The van der Waals surface area contributed by atoms with Crippen LogP contribution in [0.1, 0.15) is 22.3 Å². The molecule has 174 valence electrons. The van der Waals surface area contributed by atoms with E-state index < -0.39 is 0 Å². The third-order valence-electron chi connectivity index (χ3n) is 6.51. The Hall–Kier alpha value is -2.15. The summed E-state index contributed by atoms with van der Waals surface area (Å²) in [5.41, 5.74) is 2.74. The van der Waals surface area contributed by atoms with Gasteiger partial charge in [-0.05, 0) is 31.0 Å². The summed E-state index contributed by atoms with van der Waals surface area (Å²) < 4.78 is 16.5. The van der Waals surface area contributed by atoms with Crippen molar-refractivity contribution in [2.45, 2.75) is 12.8 Å². The zero-order valence-electron chi connectivity index (χ0n) is 18.7. The molecule has 0 saturated carbocycles. The fourth-order valence-electron chi connectivity index (χ4n) is 4.87. The number of para-hydroxylation sites is 1. The molecule has 1 heterocycles. The lowest BCUT2D eigenvalue weighted by molar-refractivity contribution is -0.903. The van der Waals surface area contributed by atoms with Crippen molar-refractivity contribution in [2.75, 3.05) is 59.0 Å². The number of ether oxygens (including phenoxy) is 3. The molecular formula is C24H30Cl2N2O4. The van der Waals surface area contributed by atoms with Crippen LogP contribution >= 0.6 is 11.6 Å². The van der Waals surface area contributed by atoms with Crippen molar-refractivity contribution in [2.24, 2.45) is 5.92 Å². The first-order valence-electron chi connectivity index (χ1n) is 10.8. The second kappa shape index (κ2) is 10.6. The topological polar surface area (TPSA) is 52.4 Å². The van der Waals surface area contributed by atoms with Crippen molar-refractivity contribution in [3.63, 3.8) is 0 Å². The number of carbonyl (C=O) groups is 1. The highest BCUT2D eigenvalue weighted by Crippen LogP contribution is 2.45. The van der Waals surface area contributed by atoms with Crippen LogP contribution in [-0.4, -0.2) is 59.8 Å². The Morgan fingerprint density at radius 3 is 2.38 bits per heavy atom. The number of rotatable bonds is 6. The first-order valence-corrected chi connectivity index (χ1v) is 11.1. The van der Waals surface area contributed by atoms with Gasteiger partial charge in [0.25, 0.3) is 0 Å². The van der Waals surface area contributed by atoms with Gasteiger partial charge in [0.15, 0.2) is 17.3 Å². The highest BCUT2D eigenvalue weighted by atomic mass is 35.5. The maximum Gasteiger partial charge on any atom is 0.203 e. The Labute approximate surface area is 200 Å². The van der Waals surface area contributed by atoms with Crippen molar-refractivity contribution in [1.29, 1.82) is 0 Å². The summed E-state index contributed by atoms with van der Waals surface area (Å²) in [4.78, 5) is 17.2. The van der Waals surface area contributed by atoms with Crippen LogP contribution in [0.4, 0.5) is 5.69 Å². The molecule has 1 unspecified atom stereocenters. The van der Waals surface area contributed by atoms with Gasteiger partial charge in [0.05, 0.1) is 70.7 Å². The minimum absolute atomic E-state index is 0. The monoisotopic (exact) mass is 480 g/mol. The standard InChI is InChI=1S/C24H29ClN2O4.ClH/c1-29-21-14-18-17(23(30-2)24(21)31-3)9-8-16(22(18)28)15-26-10-12-27(13-11-26)20-7-5-4-6-19(20)25;/h4-7,14,16H,8-13,15H2,1-3H3;1H. The van der Waals surface area contributed by atoms with Crippen molar-refractivity contribution in [1.82, 2.24) is 0 Å². The Balaban J connectivity index is 0.00000289. The van der Waals surface area contributed by atoms with Gasteiger partial charge in [0.2, 0.25) is 5.75 Å². The van der Waals surface area contributed by atoms with Crippen LogP contribution in [-0.2, 0) is 6.42 Å². The number of halogens is 2. The van der Waals surface area contributed by atoms with Crippen LogP contribution in [0.3, 0.4) is 0 Å². The third-order valence-corrected chi connectivity index (χ3v) is 6.83. The zero-order chi connectivity index (χ0) is 22.0. The van der Waals surface area contributed by atoms with Gasteiger partial charge in [0, 0.05) is 11.1 Å². The molecule has 2 aliphatic rings. The van der Waals surface area contributed by atoms with E-state index in [2.05, 4.69) is 11.0 Å². The van der Waals surface area contributed by atoms with Gasteiger partial charge in [0.1, 0.15) is 0 Å². The summed E-state index contributed by atoms with van der Waals surface area (Å²) in [6.07, 6.45) is 1.63. The fraction of sp³-hybridized carbons (Fsp3) is 0.458. The number of Topliss-reactive ketones (excluding diaryl/α,β-unsaturated/α-hetero) is 1. The number of hydrogen-bond acceptors (Lipinski definition) is 5. The van der Waals surface area contributed by atoms with Crippen LogP contribution in [0.25, 0.3) is 0 Å². The molecule has 0 bridgehead atoms. The number of ketones is 1. The van der Waals surface area contributed by atoms with Crippen molar-refractivity contribution in [3.8, 4) is 17.2 Å². The fourth-order valence-corrected chi connectivity index (χ4v) is 5.13. The van der Waals surface area contributed by atoms with E-state index in [4.69, 9.17) is 25.8 Å². The van der Waals surface area contributed by atoms with Gasteiger partial charge in [-0.2, -0.15) is 0 Å². The number of hydrogen-bond donors (Lipinski definition) is 1. The number of carbonyl (C=O) groups excluding carboxylic acids is 1. The molecule has 0 radical (unpaired) electrons. The van der Waals surface area contributed by atoms with E-state index in [1.807, 2.05) is 24.3 Å². The Kier molecular flexibility index (Phi) is 8.15. The van der Waals surface area contributed by atoms with E-state index >= 15 is 0 Å². The molecule has 1 fully saturated rings. The second-order valence-corrected chi connectivity index (χ2v) is 8.57. The Bertz CT molecular complexity index is 961. The quantitative estimate of drug-likeness (QED) is 0.605. The lowest BCUT2D eigenvalue weighted by atomic mass is 9.81. The first-order chi connectivity index (χ1) is 15.1. The minimum Gasteiger partial charge on any atom is -1.00 e. The maximum absolute atomic E-state index is 13.4. The van der Waals surface area contributed by atoms with Crippen LogP contribution in [0.5, 0.6) is 17.2 Å². The number of benzene rings is 2. The lowest BCUT2D eigenvalue weighted by Gasteiger charge is -2.36. The lowest BCUT2D eigenvalue weighted by Crippen LogP contribution is -3.15. The van der Waals surface area contributed by atoms with Crippen LogP contribution in [0.2, 0.25) is 5.02 Å². The molecule has 2 aromatic carbocycles. The molecule has 32 heavy (non-hydrogen) atoms. The molecule has 6 nitrogen and oxygen atoms in total. The van der Waals surface area contributed by atoms with Gasteiger partial charge in [-0.1, -0.05) is 23.7 Å². The number of anilines is 1. The molecule has 1 aliphatic heterocycles. The summed E-state index contributed by atoms with van der Waals surface area (Å²) in [6, 6.07) is 9.81. The maximum atomic E-state index is 13.4. The largest absolute Gasteiger partial charge is 1.00 e. The number of methoxy groups -OCH3 is 3.